The number of benzene rings is 1. The molecule has 1 heterocycles. The summed E-state index contributed by atoms with van der Waals surface area (Å²) in [4.78, 5) is 24.5. The van der Waals surface area contributed by atoms with E-state index in [2.05, 4.69) is 0 Å². The molecule has 0 bridgehead atoms. The SMILES string of the molecule is CO[C@@H]1CCC[C@@H](C)OC(=O)c2c(O)cc(O)cc2CC(=O)C1. The molecule has 0 amide bonds. The van der Waals surface area contributed by atoms with Gasteiger partial charge in [-0.3, -0.25) is 4.79 Å². The first-order valence-corrected chi connectivity index (χ1v) is 7.71. The molecule has 0 radical (unpaired) electrons. The number of cyclic esters (lactones) is 1. The molecule has 0 aliphatic carbocycles. The number of ether oxygens (including phenoxy) is 2. The van der Waals surface area contributed by atoms with Crippen LogP contribution in [-0.2, 0) is 20.7 Å². The van der Waals surface area contributed by atoms with E-state index in [0.29, 0.717) is 12.8 Å². The Morgan fingerprint density at radius 3 is 2.65 bits per heavy atom. The van der Waals surface area contributed by atoms with Crippen LogP contribution in [0.15, 0.2) is 12.1 Å². The first kappa shape index (κ1) is 17.3. The summed E-state index contributed by atoms with van der Waals surface area (Å²) in [5.74, 6) is -1.39. The van der Waals surface area contributed by atoms with Gasteiger partial charge in [0.15, 0.2) is 0 Å². The van der Waals surface area contributed by atoms with Gasteiger partial charge in [0.2, 0.25) is 0 Å². The summed E-state index contributed by atoms with van der Waals surface area (Å²) in [5, 5.41) is 19.6. The number of methoxy groups -OCH3 is 1. The third-order valence-corrected chi connectivity index (χ3v) is 4.01. The van der Waals surface area contributed by atoms with Gasteiger partial charge in [-0.2, -0.15) is 0 Å². The number of Topliss-reactive ketones (excluding diaryl/α,β-unsaturated/α-hetero) is 1. The lowest BCUT2D eigenvalue weighted by Gasteiger charge is -2.20. The molecule has 0 saturated heterocycles. The number of hydrogen-bond acceptors (Lipinski definition) is 6. The monoisotopic (exact) mass is 322 g/mol. The van der Waals surface area contributed by atoms with Crippen molar-refractivity contribution < 1.29 is 29.3 Å². The van der Waals surface area contributed by atoms with Crippen molar-refractivity contribution >= 4 is 11.8 Å². The zero-order chi connectivity index (χ0) is 17.0. The van der Waals surface area contributed by atoms with Crippen molar-refractivity contribution in [1.29, 1.82) is 0 Å². The lowest BCUT2D eigenvalue weighted by Crippen LogP contribution is -2.22. The van der Waals surface area contributed by atoms with Gasteiger partial charge in [0, 0.05) is 26.0 Å². The summed E-state index contributed by atoms with van der Waals surface area (Å²) >= 11 is 0. The molecule has 1 aromatic rings. The van der Waals surface area contributed by atoms with Crippen molar-refractivity contribution in [3.8, 4) is 11.5 Å². The van der Waals surface area contributed by atoms with Gasteiger partial charge in [0.05, 0.1) is 12.2 Å². The Bertz CT molecular complexity index is 595. The molecule has 0 aromatic heterocycles. The minimum absolute atomic E-state index is 0.0578. The predicted octanol–water partition coefficient (Wildman–Crippen LogP) is 2.34. The summed E-state index contributed by atoms with van der Waals surface area (Å²) in [6, 6.07) is 2.38. The molecule has 1 aromatic carbocycles. The van der Waals surface area contributed by atoms with Gasteiger partial charge >= 0.3 is 5.97 Å². The van der Waals surface area contributed by atoms with Crippen LogP contribution in [0.3, 0.4) is 0 Å². The van der Waals surface area contributed by atoms with Gasteiger partial charge in [-0.25, -0.2) is 4.79 Å². The maximum Gasteiger partial charge on any atom is 0.342 e. The molecule has 2 N–H and O–H groups in total. The van der Waals surface area contributed by atoms with Gasteiger partial charge in [-0.15, -0.1) is 0 Å². The molecule has 6 nitrogen and oxygen atoms in total. The molecule has 0 saturated carbocycles. The molecule has 6 heteroatoms. The quantitative estimate of drug-likeness (QED) is 0.771. The molecule has 1 aliphatic heterocycles. The number of phenols is 2. The number of hydrogen-bond donors (Lipinski definition) is 2. The molecule has 23 heavy (non-hydrogen) atoms. The Balaban J connectivity index is 2.38. The maximum atomic E-state index is 12.3. The minimum atomic E-state index is -0.679. The van der Waals surface area contributed by atoms with Crippen molar-refractivity contribution in [2.24, 2.45) is 0 Å². The summed E-state index contributed by atoms with van der Waals surface area (Å²) in [5.41, 5.74) is 0.206. The van der Waals surface area contributed by atoms with Gasteiger partial charge in [0.1, 0.15) is 22.8 Å². The lowest BCUT2D eigenvalue weighted by atomic mass is 9.96. The lowest BCUT2D eigenvalue weighted by molar-refractivity contribution is -0.120. The van der Waals surface area contributed by atoms with Gasteiger partial charge in [-0.05, 0) is 37.8 Å². The summed E-state index contributed by atoms with van der Waals surface area (Å²) in [7, 11) is 1.57. The Morgan fingerprint density at radius 1 is 1.22 bits per heavy atom. The Hall–Kier alpha value is -2.08. The van der Waals surface area contributed by atoms with Crippen LogP contribution in [0.1, 0.15) is 48.5 Å². The number of carbonyl (C=O) groups excluding carboxylic acids is 2. The van der Waals surface area contributed by atoms with Crippen LogP contribution in [0, 0.1) is 0 Å². The highest BCUT2D eigenvalue weighted by Gasteiger charge is 2.25. The standard InChI is InChI=1S/C17H22O6/c1-10-4-3-5-14(22-2)8-12(18)6-11-7-13(19)9-15(20)16(11)17(21)23-10/h7,9-10,14,19-20H,3-6,8H2,1-2H3/t10-,14-/m1/s1. The van der Waals surface area contributed by atoms with E-state index in [1.165, 1.54) is 6.07 Å². The second kappa shape index (κ2) is 7.46. The van der Waals surface area contributed by atoms with Crippen LogP contribution < -0.4 is 0 Å². The zero-order valence-electron chi connectivity index (χ0n) is 13.4. The fourth-order valence-corrected chi connectivity index (χ4v) is 2.82. The highest BCUT2D eigenvalue weighted by atomic mass is 16.5. The van der Waals surface area contributed by atoms with E-state index in [0.717, 1.165) is 12.5 Å². The zero-order valence-corrected chi connectivity index (χ0v) is 13.4. The van der Waals surface area contributed by atoms with Crippen molar-refractivity contribution in [2.45, 2.75) is 51.2 Å². The highest BCUT2D eigenvalue weighted by molar-refractivity contribution is 5.96. The number of ketones is 1. The average molecular weight is 322 g/mol. The number of esters is 1. The second-order valence-electron chi connectivity index (χ2n) is 5.92. The predicted molar refractivity (Wildman–Crippen MR) is 82.6 cm³/mol. The van der Waals surface area contributed by atoms with Crippen LogP contribution in [0.2, 0.25) is 0 Å². The molecule has 2 rings (SSSR count). The first-order valence-electron chi connectivity index (χ1n) is 7.71. The fraction of sp³-hybridized carbons (Fsp3) is 0.529. The van der Waals surface area contributed by atoms with Crippen molar-refractivity contribution in [2.75, 3.05) is 7.11 Å². The molecule has 0 unspecified atom stereocenters. The number of fused-ring (bicyclic) bond motifs is 1. The molecule has 1 aliphatic rings. The summed E-state index contributed by atoms with van der Waals surface area (Å²) in [6.07, 6.45) is 1.80. The van der Waals surface area contributed by atoms with Crippen molar-refractivity contribution in [3.05, 3.63) is 23.3 Å². The van der Waals surface area contributed by atoms with Gasteiger partial charge in [0.25, 0.3) is 0 Å². The molecule has 2 atom stereocenters. The average Bonchev–Trinajstić information content (AvgIpc) is 2.44. The van der Waals surface area contributed by atoms with E-state index in [9.17, 15) is 19.8 Å². The van der Waals surface area contributed by atoms with Crippen LogP contribution in [-0.4, -0.2) is 41.3 Å². The van der Waals surface area contributed by atoms with Gasteiger partial charge in [-0.1, -0.05) is 0 Å². The number of aromatic hydroxyl groups is 2. The molecular formula is C17H22O6. The Kier molecular flexibility index (Phi) is 5.60. The number of carbonyl (C=O) groups is 2. The number of rotatable bonds is 1. The largest absolute Gasteiger partial charge is 0.508 e. The van der Waals surface area contributed by atoms with E-state index in [4.69, 9.17) is 9.47 Å². The van der Waals surface area contributed by atoms with E-state index >= 15 is 0 Å². The Morgan fingerprint density at radius 2 is 1.96 bits per heavy atom. The summed E-state index contributed by atoms with van der Waals surface area (Å²) in [6.45, 7) is 1.79. The van der Waals surface area contributed by atoms with E-state index in [1.807, 2.05) is 0 Å². The first-order chi connectivity index (χ1) is 10.9. The van der Waals surface area contributed by atoms with Crippen LogP contribution in [0.5, 0.6) is 11.5 Å². The summed E-state index contributed by atoms with van der Waals surface area (Å²) < 4.78 is 10.7. The fourth-order valence-electron chi connectivity index (χ4n) is 2.82. The van der Waals surface area contributed by atoms with E-state index in [1.54, 1.807) is 14.0 Å². The molecule has 0 fully saturated rings. The topological polar surface area (TPSA) is 93.1 Å². The molecular weight excluding hydrogens is 300 g/mol. The van der Waals surface area contributed by atoms with Crippen molar-refractivity contribution in [3.63, 3.8) is 0 Å². The third-order valence-electron chi connectivity index (χ3n) is 4.01. The third kappa shape index (κ3) is 4.45. The van der Waals surface area contributed by atoms with Crippen LogP contribution >= 0.6 is 0 Å². The van der Waals surface area contributed by atoms with Crippen molar-refractivity contribution in [1.82, 2.24) is 0 Å². The normalized spacial score (nSPS) is 23.4. The van der Waals surface area contributed by atoms with Crippen LogP contribution in [0.25, 0.3) is 0 Å². The Labute approximate surface area is 135 Å². The minimum Gasteiger partial charge on any atom is -0.508 e. The van der Waals surface area contributed by atoms with E-state index in [-0.39, 0.29) is 53.5 Å². The number of phenolic OH excluding ortho intramolecular Hbond substituents is 2. The van der Waals surface area contributed by atoms with Crippen LogP contribution in [0.4, 0.5) is 0 Å². The highest BCUT2D eigenvalue weighted by Crippen LogP contribution is 2.30. The second-order valence-corrected chi connectivity index (χ2v) is 5.92. The molecule has 126 valence electrons. The van der Waals surface area contributed by atoms with Gasteiger partial charge < -0.3 is 19.7 Å². The molecule has 0 spiro atoms. The van der Waals surface area contributed by atoms with E-state index < -0.39 is 5.97 Å². The maximum absolute atomic E-state index is 12.3. The smallest absolute Gasteiger partial charge is 0.342 e.